The summed E-state index contributed by atoms with van der Waals surface area (Å²) in [5.41, 5.74) is 4.77. The lowest BCUT2D eigenvalue weighted by molar-refractivity contribution is 0.628. The van der Waals surface area contributed by atoms with Crippen molar-refractivity contribution in [3.05, 3.63) is 101 Å². The molecule has 0 aliphatic carbocycles. The summed E-state index contributed by atoms with van der Waals surface area (Å²) in [6.45, 7) is 0.612. The van der Waals surface area contributed by atoms with Gasteiger partial charge in [0, 0.05) is 34.0 Å². The van der Waals surface area contributed by atoms with Crippen LogP contribution in [0.2, 0.25) is 0 Å². The highest BCUT2D eigenvalue weighted by Gasteiger charge is 2.12. The molecule has 1 N–H and O–H groups in total. The van der Waals surface area contributed by atoms with Gasteiger partial charge in [0.1, 0.15) is 5.82 Å². The number of nitrogens with zero attached hydrogens (tertiary/aromatic N) is 2. The third kappa shape index (κ3) is 4.09. The largest absolute Gasteiger partial charge is 0.381 e. The van der Waals surface area contributed by atoms with Crippen LogP contribution in [0, 0.1) is 5.82 Å². The first kappa shape index (κ1) is 17.5. The number of hydrogen-bond donors (Lipinski definition) is 1. The molecule has 1 aromatic heterocycles. The Labute approximate surface area is 165 Å². The molecule has 5 heteroatoms. The lowest BCUT2D eigenvalue weighted by Crippen LogP contribution is -1.99. The van der Waals surface area contributed by atoms with Crippen molar-refractivity contribution in [3.63, 3.8) is 0 Å². The molecule has 134 valence electrons. The molecule has 0 saturated heterocycles. The predicted octanol–water partition coefficient (Wildman–Crippen LogP) is 6.05. The van der Waals surface area contributed by atoms with Gasteiger partial charge < -0.3 is 5.32 Å². The van der Waals surface area contributed by atoms with Gasteiger partial charge in [-0.05, 0) is 60.7 Å². The van der Waals surface area contributed by atoms with Gasteiger partial charge in [0.15, 0.2) is 0 Å². The second-order valence-electron chi connectivity index (χ2n) is 6.15. The number of anilines is 1. The topological polar surface area (TPSA) is 29.9 Å². The fraction of sp³-hybridized carbons (Fsp3) is 0.0455. The highest BCUT2D eigenvalue weighted by Crippen LogP contribution is 2.25. The summed E-state index contributed by atoms with van der Waals surface area (Å²) in [4.78, 5) is 0. The Kier molecular flexibility index (Phi) is 5.03. The molecule has 27 heavy (non-hydrogen) atoms. The monoisotopic (exact) mass is 421 g/mol. The maximum Gasteiger partial charge on any atom is 0.123 e. The molecule has 0 unspecified atom stereocenters. The summed E-state index contributed by atoms with van der Waals surface area (Å²) in [6.07, 6.45) is 2.01. The van der Waals surface area contributed by atoms with Crippen molar-refractivity contribution in [1.29, 1.82) is 0 Å². The summed E-state index contributed by atoms with van der Waals surface area (Å²) >= 11 is 3.45. The zero-order valence-corrected chi connectivity index (χ0v) is 16.0. The van der Waals surface area contributed by atoms with E-state index in [2.05, 4.69) is 21.2 Å². The number of benzene rings is 3. The Morgan fingerprint density at radius 2 is 1.59 bits per heavy atom. The normalized spacial score (nSPS) is 10.7. The van der Waals surface area contributed by atoms with E-state index < -0.39 is 0 Å². The highest BCUT2D eigenvalue weighted by atomic mass is 79.9. The van der Waals surface area contributed by atoms with Crippen LogP contribution in [-0.2, 0) is 6.54 Å². The van der Waals surface area contributed by atoms with Crippen molar-refractivity contribution in [1.82, 2.24) is 9.78 Å². The molecule has 4 rings (SSSR count). The maximum absolute atomic E-state index is 13.3. The van der Waals surface area contributed by atoms with Gasteiger partial charge in [0.05, 0.1) is 11.4 Å². The predicted molar refractivity (Wildman–Crippen MR) is 110 cm³/mol. The zero-order valence-electron chi connectivity index (χ0n) is 14.4. The minimum absolute atomic E-state index is 0.254. The van der Waals surface area contributed by atoms with Crippen LogP contribution in [0.25, 0.3) is 16.9 Å². The summed E-state index contributed by atoms with van der Waals surface area (Å²) in [6, 6.07) is 24.4. The Morgan fingerprint density at radius 1 is 0.889 bits per heavy atom. The van der Waals surface area contributed by atoms with E-state index in [1.165, 1.54) is 12.1 Å². The van der Waals surface area contributed by atoms with Gasteiger partial charge in [0.2, 0.25) is 0 Å². The molecule has 3 nitrogen and oxygen atoms in total. The molecule has 1 heterocycles. The summed E-state index contributed by atoms with van der Waals surface area (Å²) in [5.74, 6) is -0.254. The van der Waals surface area contributed by atoms with E-state index in [4.69, 9.17) is 5.10 Å². The number of rotatable bonds is 5. The van der Waals surface area contributed by atoms with Crippen LogP contribution in [0.5, 0.6) is 0 Å². The number of hydrogen-bond acceptors (Lipinski definition) is 2. The molecule has 0 amide bonds. The first-order valence-electron chi connectivity index (χ1n) is 8.58. The van der Waals surface area contributed by atoms with Crippen LogP contribution in [0.15, 0.2) is 89.5 Å². The summed E-state index contributed by atoms with van der Waals surface area (Å²) in [7, 11) is 0. The Balaban J connectivity index is 1.68. The van der Waals surface area contributed by atoms with E-state index in [0.29, 0.717) is 6.54 Å². The molecule has 0 fully saturated rings. The first-order valence-corrected chi connectivity index (χ1v) is 9.38. The Bertz CT molecular complexity index is 1030. The Morgan fingerprint density at radius 3 is 2.30 bits per heavy atom. The average molecular weight is 422 g/mol. The first-order chi connectivity index (χ1) is 13.2. The molecule has 0 radical (unpaired) electrons. The summed E-state index contributed by atoms with van der Waals surface area (Å²) < 4.78 is 16.2. The van der Waals surface area contributed by atoms with Crippen LogP contribution in [-0.4, -0.2) is 9.78 Å². The van der Waals surface area contributed by atoms with Crippen LogP contribution in [0.1, 0.15) is 5.56 Å². The fourth-order valence-electron chi connectivity index (χ4n) is 2.87. The van der Waals surface area contributed by atoms with E-state index in [9.17, 15) is 4.39 Å². The van der Waals surface area contributed by atoms with Crippen LogP contribution < -0.4 is 5.32 Å². The van der Waals surface area contributed by atoms with Crippen molar-refractivity contribution in [2.75, 3.05) is 5.32 Å². The van der Waals surface area contributed by atoms with Crippen molar-refractivity contribution < 1.29 is 4.39 Å². The molecule has 4 aromatic rings. The van der Waals surface area contributed by atoms with Gasteiger partial charge >= 0.3 is 0 Å². The van der Waals surface area contributed by atoms with Crippen molar-refractivity contribution in [3.8, 4) is 16.9 Å². The van der Waals surface area contributed by atoms with E-state index >= 15 is 0 Å². The zero-order chi connectivity index (χ0) is 18.6. The van der Waals surface area contributed by atoms with E-state index in [1.807, 2.05) is 65.5 Å². The highest BCUT2D eigenvalue weighted by molar-refractivity contribution is 9.10. The van der Waals surface area contributed by atoms with Crippen LogP contribution in [0.4, 0.5) is 10.1 Å². The lowest BCUT2D eigenvalue weighted by atomic mass is 10.1. The van der Waals surface area contributed by atoms with Crippen molar-refractivity contribution in [2.45, 2.75) is 6.54 Å². The molecule has 3 aromatic carbocycles. The second-order valence-corrected chi connectivity index (χ2v) is 7.07. The van der Waals surface area contributed by atoms with Gasteiger partial charge in [-0.15, -0.1) is 0 Å². The molecular weight excluding hydrogens is 405 g/mol. The average Bonchev–Trinajstić information content (AvgIpc) is 3.13. The smallest absolute Gasteiger partial charge is 0.123 e. The molecule has 0 aliphatic rings. The van der Waals surface area contributed by atoms with Gasteiger partial charge in [-0.25, -0.2) is 9.07 Å². The number of aromatic nitrogens is 2. The summed E-state index contributed by atoms with van der Waals surface area (Å²) in [5, 5.41) is 8.18. The second kappa shape index (κ2) is 7.76. The van der Waals surface area contributed by atoms with Crippen molar-refractivity contribution >= 4 is 21.6 Å². The van der Waals surface area contributed by atoms with Crippen LogP contribution >= 0.6 is 15.9 Å². The number of para-hydroxylation sites is 1. The molecule has 0 atom stereocenters. The SMILES string of the molecule is Fc1ccc(-c2nn(-c3ccccc3)cc2CNc2ccc(Br)cc2)cc1. The van der Waals surface area contributed by atoms with Gasteiger partial charge in [0.25, 0.3) is 0 Å². The van der Waals surface area contributed by atoms with Gasteiger partial charge in [-0.2, -0.15) is 5.10 Å². The van der Waals surface area contributed by atoms with Gasteiger partial charge in [-0.1, -0.05) is 34.1 Å². The number of halogens is 2. The molecule has 0 saturated carbocycles. The third-order valence-electron chi connectivity index (χ3n) is 4.26. The quantitative estimate of drug-likeness (QED) is 0.424. The van der Waals surface area contributed by atoms with E-state index in [-0.39, 0.29) is 5.82 Å². The maximum atomic E-state index is 13.3. The minimum atomic E-state index is -0.254. The van der Waals surface area contributed by atoms with Gasteiger partial charge in [-0.3, -0.25) is 0 Å². The minimum Gasteiger partial charge on any atom is -0.381 e. The third-order valence-corrected chi connectivity index (χ3v) is 4.78. The lowest BCUT2D eigenvalue weighted by Gasteiger charge is -2.07. The Hall–Kier alpha value is -2.92. The molecule has 0 bridgehead atoms. The van der Waals surface area contributed by atoms with Crippen LogP contribution in [0.3, 0.4) is 0 Å². The van der Waals surface area contributed by atoms with E-state index in [0.717, 1.165) is 32.7 Å². The van der Waals surface area contributed by atoms with E-state index in [1.54, 1.807) is 12.1 Å². The van der Waals surface area contributed by atoms with Crippen molar-refractivity contribution in [2.24, 2.45) is 0 Å². The number of nitrogens with one attached hydrogen (secondary N) is 1. The molecule has 0 aliphatic heterocycles. The standard InChI is InChI=1S/C22H17BrFN3/c23-18-8-12-20(13-9-18)25-14-17-15-27(21-4-2-1-3-5-21)26-22(17)16-6-10-19(24)11-7-16/h1-13,15,25H,14H2. The molecule has 0 spiro atoms. The molecular formula is C22H17BrFN3. The fourth-order valence-corrected chi connectivity index (χ4v) is 3.13.